The Balaban J connectivity index is 1.71. The van der Waals surface area contributed by atoms with E-state index >= 15 is 0 Å². The molecule has 0 saturated carbocycles. The van der Waals surface area contributed by atoms with E-state index in [1.165, 1.54) is 0 Å². The van der Waals surface area contributed by atoms with Gasteiger partial charge in [0.15, 0.2) is 5.82 Å². The molecule has 1 aliphatic heterocycles. The number of rotatable bonds is 4. The lowest BCUT2D eigenvalue weighted by Crippen LogP contribution is -2.45. The number of nitrogens with one attached hydrogen (secondary N) is 2. The number of carbonyl (C=O) groups is 3. The maximum atomic E-state index is 12.2. The van der Waals surface area contributed by atoms with Gasteiger partial charge in [0.2, 0.25) is 11.8 Å². The summed E-state index contributed by atoms with van der Waals surface area (Å²) in [5.74, 6) is 0.0995. The summed E-state index contributed by atoms with van der Waals surface area (Å²) in [7, 11) is 0. The van der Waals surface area contributed by atoms with Gasteiger partial charge in [-0.15, -0.1) is 0 Å². The van der Waals surface area contributed by atoms with Gasteiger partial charge in [-0.25, -0.2) is 4.79 Å². The largest absolute Gasteiger partial charge is 0.444 e. The number of hydrogen-bond donors (Lipinski definition) is 2. The molecule has 0 atom stereocenters. The summed E-state index contributed by atoms with van der Waals surface area (Å²) in [6.07, 6.45) is 0.711. The highest BCUT2D eigenvalue weighted by atomic mass is 16.6. The van der Waals surface area contributed by atoms with Crippen LogP contribution in [0.4, 0.5) is 10.6 Å². The van der Waals surface area contributed by atoms with Gasteiger partial charge in [-0.3, -0.25) is 9.59 Å². The Hall–Kier alpha value is -2.58. The molecule has 1 saturated heterocycles. The lowest BCUT2D eigenvalue weighted by Gasteiger charge is -2.32. The molecule has 1 aromatic heterocycles. The Morgan fingerprint density at radius 1 is 1.31 bits per heavy atom. The Bertz CT molecular complexity index is 656. The fourth-order valence-electron chi connectivity index (χ4n) is 2.57. The Kier molecular flexibility index (Phi) is 6.23. The molecule has 3 amide bonds. The lowest BCUT2D eigenvalue weighted by molar-refractivity contribution is -0.128. The summed E-state index contributed by atoms with van der Waals surface area (Å²) in [5.41, 5.74) is -0.541. The molecule has 2 heterocycles. The van der Waals surface area contributed by atoms with Crippen LogP contribution in [0.25, 0.3) is 0 Å². The van der Waals surface area contributed by atoms with Crippen molar-refractivity contribution in [3.63, 3.8) is 0 Å². The second-order valence-corrected chi connectivity index (χ2v) is 7.33. The molecule has 144 valence electrons. The summed E-state index contributed by atoms with van der Waals surface area (Å²) < 4.78 is 10.2. The van der Waals surface area contributed by atoms with E-state index in [9.17, 15) is 14.4 Å². The second kappa shape index (κ2) is 8.20. The van der Waals surface area contributed by atoms with Crippen molar-refractivity contribution in [2.75, 3.05) is 25.0 Å². The summed E-state index contributed by atoms with van der Waals surface area (Å²) in [6, 6.07) is 1.59. The van der Waals surface area contributed by atoms with E-state index in [-0.39, 0.29) is 30.4 Å². The molecule has 2 N–H and O–H groups in total. The zero-order chi connectivity index (χ0) is 19.3. The SMILES string of the molecule is Cc1cc(NC(=O)CNC(=O)C2CCN(C(=O)OC(C)(C)C)CC2)no1. The molecule has 0 radical (unpaired) electrons. The predicted octanol–water partition coefficient (Wildman–Crippen LogP) is 1.68. The maximum absolute atomic E-state index is 12.2. The number of ether oxygens (including phenoxy) is 1. The van der Waals surface area contributed by atoms with Gasteiger partial charge in [0.25, 0.3) is 0 Å². The molecule has 9 heteroatoms. The summed E-state index contributed by atoms with van der Waals surface area (Å²) in [5, 5.41) is 8.81. The molecule has 1 aliphatic rings. The van der Waals surface area contributed by atoms with E-state index in [1.54, 1.807) is 17.9 Å². The van der Waals surface area contributed by atoms with Crippen molar-refractivity contribution >= 4 is 23.7 Å². The highest BCUT2D eigenvalue weighted by molar-refractivity contribution is 5.94. The molecule has 0 aromatic carbocycles. The molecule has 0 unspecified atom stereocenters. The van der Waals surface area contributed by atoms with Gasteiger partial charge in [0.05, 0.1) is 6.54 Å². The molecular weight excluding hydrogens is 340 g/mol. The summed E-state index contributed by atoms with van der Waals surface area (Å²) >= 11 is 0. The van der Waals surface area contributed by atoms with E-state index in [0.717, 1.165) is 0 Å². The summed E-state index contributed by atoms with van der Waals surface area (Å²) in [6.45, 7) is 7.93. The number of anilines is 1. The monoisotopic (exact) mass is 366 g/mol. The van der Waals surface area contributed by atoms with Crippen LogP contribution >= 0.6 is 0 Å². The van der Waals surface area contributed by atoms with Crippen molar-refractivity contribution in [3.8, 4) is 0 Å². The van der Waals surface area contributed by atoms with Crippen molar-refractivity contribution in [1.82, 2.24) is 15.4 Å². The van der Waals surface area contributed by atoms with Crippen LogP contribution in [0.5, 0.6) is 0 Å². The van der Waals surface area contributed by atoms with Crippen LogP contribution in [0.15, 0.2) is 10.6 Å². The topological polar surface area (TPSA) is 114 Å². The van der Waals surface area contributed by atoms with Gasteiger partial charge in [-0.05, 0) is 40.5 Å². The minimum Gasteiger partial charge on any atom is -0.444 e. The van der Waals surface area contributed by atoms with Crippen LogP contribution in [-0.4, -0.2) is 53.2 Å². The average Bonchev–Trinajstić information content (AvgIpc) is 2.96. The molecule has 0 spiro atoms. The molecule has 0 bridgehead atoms. The minimum absolute atomic E-state index is 0.142. The van der Waals surface area contributed by atoms with E-state index in [0.29, 0.717) is 37.5 Å². The number of carbonyl (C=O) groups excluding carboxylic acids is 3. The predicted molar refractivity (Wildman–Crippen MR) is 93.4 cm³/mol. The van der Waals surface area contributed by atoms with E-state index < -0.39 is 5.60 Å². The van der Waals surface area contributed by atoms with Crippen molar-refractivity contribution in [1.29, 1.82) is 0 Å². The summed E-state index contributed by atoms with van der Waals surface area (Å²) in [4.78, 5) is 37.6. The molecule has 0 aliphatic carbocycles. The van der Waals surface area contributed by atoms with Crippen molar-refractivity contribution in [2.45, 2.75) is 46.1 Å². The van der Waals surface area contributed by atoms with Gasteiger partial charge in [0, 0.05) is 25.1 Å². The van der Waals surface area contributed by atoms with Crippen molar-refractivity contribution in [2.24, 2.45) is 5.92 Å². The fraction of sp³-hybridized carbons (Fsp3) is 0.647. The molecule has 9 nitrogen and oxygen atoms in total. The quantitative estimate of drug-likeness (QED) is 0.838. The molecular formula is C17H26N4O5. The van der Waals surface area contributed by atoms with Crippen LogP contribution in [-0.2, 0) is 14.3 Å². The van der Waals surface area contributed by atoms with Gasteiger partial charge in [0.1, 0.15) is 11.4 Å². The smallest absolute Gasteiger partial charge is 0.410 e. The van der Waals surface area contributed by atoms with Crippen LogP contribution < -0.4 is 10.6 Å². The molecule has 1 aromatic rings. The molecule has 26 heavy (non-hydrogen) atoms. The van der Waals surface area contributed by atoms with Gasteiger partial charge in [-0.1, -0.05) is 5.16 Å². The normalized spacial score (nSPS) is 15.5. The number of amides is 3. The van der Waals surface area contributed by atoms with Crippen LogP contribution in [0.3, 0.4) is 0 Å². The zero-order valence-corrected chi connectivity index (χ0v) is 15.6. The first-order valence-electron chi connectivity index (χ1n) is 8.63. The zero-order valence-electron chi connectivity index (χ0n) is 15.6. The third-order valence-electron chi connectivity index (χ3n) is 3.84. The van der Waals surface area contributed by atoms with Crippen molar-refractivity contribution in [3.05, 3.63) is 11.8 Å². The number of nitrogens with zero attached hydrogens (tertiary/aromatic N) is 2. The first kappa shape index (κ1) is 19.7. The maximum Gasteiger partial charge on any atom is 0.410 e. The number of piperidine rings is 1. The molecule has 2 rings (SSSR count). The highest BCUT2D eigenvalue weighted by Gasteiger charge is 2.30. The first-order chi connectivity index (χ1) is 12.1. The van der Waals surface area contributed by atoms with Crippen LogP contribution in [0.1, 0.15) is 39.4 Å². The van der Waals surface area contributed by atoms with Crippen LogP contribution in [0, 0.1) is 12.8 Å². The van der Waals surface area contributed by atoms with E-state index in [4.69, 9.17) is 9.26 Å². The standard InChI is InChI=1S/C17H26N4O5/c1-11-9-13(20-26-11)19-14(22)10-18-15(23)12-5-7-21(8-6-12)16(24)25-17(2,3)4/h9,12H,5-8,10H2,1-4H3,(H,18,23)(H,19,20,22). The highest BCUT2D eigenvalue weighted by Crippen LogP contribution is 2.19. The lowest BCUT2D eigenvalue weighted by atomic mass is 9.96. The van der Waals surface area contributed by atoms with E-state index in [1.807, 2.05) is 20.8 Å². The average molecular weight is 366 g/mol. The third kappa shape index (κ3) is 6.05. The second-order valence-electron chi connectivity index (χ2n) is 7.33. The number of aromatic nitrogens is 1. The van der Waals surface area contributed by atoms with Crippen LogP contribution in [0.2, 0.25) is 0 Å². The van der Waals surface area contributed by atoms with Gasteiger partial charge < -0.3 is 24.8 Å². The Labute approximate surface area is 152 Å². The third-order valence-corrected chi connectivity index (χ3v) is 3.84. The first-order valence-corrected chi connectivity index (χ1v) is 8.63. The number of aryl methyl sites for hydroxylation is 1. The Morgan fingerprint density at radius 3 is 2.50 bits per heavy atom. The Morgan fingerprint density at radius 2 is 1.96 bits per heavy atom. The van der Waals surface area contributed by atoms with Gasteiger partial charge >= 0.3 is 6.09 Å². The van der Waals surface area contributed by atoms with E-state index in [2.05, 4.69) is 15.8 Å². The number of hydrogen-bond acceptors (Lipinski definition) is 6. The van der Waals surface area contributed by atoms with Gasteiger partial charge in [-0.2, -0.15) is 0 Å². The van der Waals surface area contributed by atoms with Crippen molar-refractivity contribution < 1.29 is 23.6 Å². The fourth-order valence-corrected chi connectivity index (χ4v) is 2.57. The number of likely N-dealkylation sites (tertiary alicyclic amines) is 1. The minimum atomic E-state index is -0.541. The molecule has 1 fully saturated rings.